The van der Waals surface area contributed by atoms with Gasteiger partial charge in [-0.3, -0.25) is 4.79 Å². The van der Waals surface area contributed by atoms with Crippen LogP contribution in [0, 0.1) is 0 Å². The molecule has 1 rings (SSSR count). The van der Waals surface area contributed by atoms with Crippen LogP contribution in [0.25, 0.3) is 0 Å². The topological polar surface area (TPSA) is 72.1 Å². The van der Waals surface area contributed by atoms with Crippen LogP contribution in [0.5, 0.6) is 0 Å². The van der Waals surface area contributed by atoms with Crippen LogP contribution in [0.1, 0.15) is 13.8 Å². The van der Waals surface area contributed by atoms with Crippen molar-refractivity contribution < 1.29 is 4.79 Å². The van der Waals surface area contributed by atoms with Crippen molar-refractivity contribution in [2.45, 2.75) is 24.0 Å². The Morgan fingerprint density at radius 3 is 2.70 bits per heavy atom. The second-order valence-electron chi connectivity index (χ2n) is 3.84. The Labute approximate surface area is 128 Å². The van der Waals surface area contributed by atoms with E-state index in [0.29, 0.717) is 16.7 Å². The maximum atomic E-state index is 11.7. The lowest BCUT2D eigenvalue weighted by Gasteiger charge is -2.15. The first-order valence-electron chi connectivity index (χ1n) is 6.37. The molecule has 0 bridgehead atoms. The monoisotopic (exact) mass is 312 g/mol. The summed E-state index contributed by atoms with van der Waals surface area (Å²) in [5.41, 5.74) is 5.71. The van der Waals surface area contributed by atoms with Gasteiger partial charge in [0, 0.05) is 24.9 Å². The fourth-order valence-electron chi connectivity index (χ4n) is 1.50. The Morgan fingerprint density at radius 2 is 2.10 bits per heavy atom. The lowest BCUT2D eigenvalue weighted by molar-refractivity contribution is -0.125. The van der Waals surface area contributed by atoms with E-state index in [4.69, 9.17) is 5.73 Å². The van der Waals surface area contributed by atoms with Crippen molar-refractivity contribution in [1.82, 2.24) is 14.9 Å². The first-order chi connectivity index (χ1) is 9.60. The highest BCUT2D eigenvalue weighted by atomic mass is 32.2. The Morgan fingerprint density at radius 1 is 1.40 bits per heavy atom. The minimum atomic E-state index is 0.0360. The molecule has 1 amide bonds. The quantitative estimate of drug-likeness (QED) is 0.360. The van der Waals surface area contributed by atoms with Gasteiger partial charge in [0.25, 0.3) is 0 Å². The van der Waals surface area contributed by atoms with Gasteiger partial charge < -0.3 is 10.6 Å². The molecule has 110 valence electrons. The Bertz CT molecular complexity index is 475. The van der Waals surface area contributed by atoms with Gasteiger partial charge >= 0.3 is 0 Å². The molecule has 5 nitrogen and oxygen atoms in total. The molecule has 0 fully saturated rings. The summed E-state index contributed by atoms with van der Waals surface area (Å²) in [6.07, 6.45) is 5.37. The number of amides is 1. The average molecular weight is 312 g/mol. The van der Waals surface area contributed by atoms with Gasteiger partial charge in [-0.05, 0) is 26.2 Å². The molecule has 0 aliphatic heterocycles. The van der Waals surface area contributed by atoms with Crippen molar-refractivity contribution in [3.05, 3.63) is 18.2 Å². The fraction of sp³-hybridized carbons (Fsp3) is 0.462. The summed E-state index contributed by atoms with van der Waals surface area (Å²) in [5, 5.41) is 1.48. The van der Waals surface area contributed by atoms with Crippen molar-refractivity contribution in [2.75, 3.05) is 30.8 Å². The summed E-state index contributed by atoms with van der Waals surface area (Å²) in [5.74, 6) is 1.15. The molecule has 20 heavy (non-hydrogen) atoms. The van der Waals surface area contributed by atoms with Crippen molar-refractivity contribution in [3.8, 4) is 0 Å². The third-order valence-corrected chi connectivity index (χ3v) is 3.98. The molecule has 0 aliphatic carbocycles. The van der Waals surface area contributed by atoms with Gasteiger partial charge in [0.1, 0.15) is 10.8 Å². The molecule has 0 saturated carbocycles. The SMILES string of the molecule is CCN(CC)C(=O)/C=C/CSc1nc(N)cc(SC)n1. The van der Waals surface area contributed by atoms with E-state index in [1.165, 1.54) is 23.5 Å². The number of anilines is 1. The fourth-order valence-corrected chi connectivity index (χ4v) is 2.65. The number of thioether (sulfide) groups is 2. The molecule has 0 radical (unpaired) electrons. The number of hydrogen-bond acceptors (Lipinski definition) is 6. The highest BCUT2D eigenvalue weighted by molar-refractivity contribution is 7.99. The maximum Gasteiger partial charge on any atom is 0.246 e. The van der Waals surface area contributed by atoms with E-state index in [1.807, 2.05) is 26.2 Å². The van der Waals surface area contributed by atoms with Crippen LogP contribution >= 0.6 is 23.5 Å². The van der Waals surface area contributed by atoms with E-state index in [-0.39, 0.29) is 5.91 Å². The largest absolute Gasteiger partial charge is 0.384 e. The van der Waals surface area contributed by atoms with Gasteiger partial charge in [-0.2, -0.15) is 0 Å². The third-order valence-electron chi connectivity index (χ3n) is 2.56. The molecule has 0 atom stereocenters. The summed E-state index contributed by atoms with van der Waals surface area (Å²) in [6.45, 7) is 5.38. The van der Waals surface area contributed by atoms with E-state index >= 15 is 0 Å². The normalized spacial score (nSPS) is 10.9. The molecule has 0 aliphatic rings. The van der Waals surface area contributed by atoms with Gasteiger partial charge in [-0.15, -0.1) is 11.8 Å². The highest BCUT2D eigenvalue weighted by Gasteiger charge is 2.05. The standard InChI is InChI=1S/C13H20N4OS2/c1-4-17(5-2)12(18)7-6-8-20-13-15-10(14)9-11(16-13)19-3/h6-7,9H,4-5,8H2,1-3H3,(H2,14,15,16)/b7-6+. The van der Waals surface area contributed by atoms with Crippen LogP contribution in [0.4, 0.5) is 5.82 Å². The number of hydrogen-bond donors (Lipinski definition) is 1. The van der Waals surface area contributed by atoms with Crippen LogP contribution in [-0.4, -0.2) is 45.9 Å². The second-order valence-corrected chi connectivity index (χ2v) is 5.66. The summed E-state index contributed by atoms with van der Waals surface area (Å²) in [6, 6.07) is 1.74. The summed E-state index contributed by atoms with van der Waals surface area (Å²) >= 11 is 2.99. The molecule has 1 aromatic rings. The Kier molecular flexibility index (Phi) is 7.46. The zero-order valence-corrected chi connectivity index (χ0v) is 13.6. The van der Waals surface area contributed by atoms with E-state index < -0.39 is 0 Å². The van der Waals surface area contributed by atoms with Crippen molar-refractivity contribution >= 4 is 35.2 Å². The summed E-state index contributed by atoms with van der Waals surface area (Å²) in [7, 11) is 0. The van der Waals surface area contributed by atoms with Crippen LogP contribution in [0.2, 0.25) is 0 Å². The number of aromatic nitrogens is 2. The van der Waals surface area contributed by atoms with E-state index in [9.17, 15) is 4.79 Å². The number of carbonyl (C=O) groups excluding carboxylic acids is 1. The smallest absolute Gasteiger partial charge is 0.246 e. The van der Waals surface area contributed by atoms with Crippen molar-refractivity contribution in [2.24, 2.45) is 0 Å². The molecule has 0 saturated heterocycles. The van der Waals surface area contributed by atoms with Gasteiger partial charge in [0.2, 0.25) is 5.91 Å². The van der Waals surface area contributed by atoms with Crippen LogP contribution < -0.4 is 5.73 Å². The number of nitrogens with two attached hydrogens (primary N) is 1. The molecular weight excluding hydrogens is 292 g/mol. The summed E-state index contributed by atoms with van der Waals surface area (Å²) < 4.78 is 0. The molecule has 0 aromatic carbocycles. The van der Waals surface area contributed by atoms with Gasteiger partial charge in [-0.1, -0.05) is 17.8 Å². The predicted molar refractivity (Wildman–Crippen MR) is 86.0 cm³/mol. The second kappa shape index (κ2) is 8.86. The molecule has 1 aromatic heterocycles. The first-order valence-corrected chi connectivity index (χ1v) is 8.58. The predicted octanol–water partition coefficient (Wildman–Crippen LogP) is 2.30. The van der Waals surface area contributed by atoms with Gasteiger partial charge in [0.15, 0.2) is 5.16 Å². The van der Waals surface area contributed by atoms with Crippen LogP contribution in [-0.2, 0) is 4.79 Å². The molecular formula is C13H20N4OS2. The van der Waals surface area contributed by atoms with Crippen molar-refractivity contribution in [1.29, 1.82) is 0 Å². The number of nitrogen functional groups attached to an aromatic ring is 1. The van der Waals surface area contributed by atoms with Crippen molar-refractivity contribution in [3.63, 3.8) is 0 Å². The van der Waals surface area contributed by atoms with E-state index in [1.54, 1.807) is 17.0 Å². The van der Waals surface area contributed by atoms with Gasteiger partial charge in [0.05, 0.1) is 0 Å². The molecule has 0 spiro atoms. The lowest BCUT2D eigenvalue weighted by atomic mass is 10.4. The zero-order valence-electron chi connectivity index (χ0n) is 12.0. The first kappa shape index (κ1) is 16.8. The summed E-state index contributed by atoms with van der Waals surface area (Å²) in [4.78, 5) is 22.0. The molecule has 7 heteroatoms. The number of carbonyl (C=O) groups is 1. The number of rotatable bonds is 7. The van der Waals surface area contributed by atoms with Crippen LogP contribution in [0.15, 0.2) is 28.4 Å². The lowest BCUT2D eigenvalue weighted by Crippen LogP contribution is -2.28. The molecule has 0 unspecified atom stereocenters. The minimum Gasteiger partial charge on any atom is -0.384 e. The van der Waals surface area contributed by atoms with E-state index in [2.05, 4.69) is 9.97 Å². The maximum absolute atomic E-state index is 11.7. The van der Waals surface area contributed by atoms with Crippen LogP contribution in [0.3, 0.4) is 0 Å². The molecule has 2 N–H and O–H groups in total. The van der Waals surface area contributed by atoms with Gasteiger partial charge in [-0.25, -0.2) is 9.97 Å². The minimum absolute atomic E-state index is 0.0360. The highest BCUT2D eigenvalue weighted by Crippen LogP contribution is 2.20. The molecule has 1 heterocycles. The Hall–Kier alpha value is -1.21. The number of nitrogens with zero attached hydrogens (tertiary/aromatic N) is 3. The zero-order chi connectivity index (χ0) is 15.0. The average Bonchev–Trinajstić information content (AvgIpc) is 2.44. The third kappa shape index (κ3) is 5.42. The number of likely N-dealkylation sites (N-methyl/N-ethyl adjacent to an activating group) is 1. The Balaban J connectivity index is 2.52. The van der Waals surface area contributed by atoms with E-state index in [0.717, 1.165) is 18.1 Å².